The van der Waals surface area contributed by atoms with E-state index in [1.54, 1.807) is 0 Å². The largest absolute Gasteiger partial charge is 0.315 e. The molecule has 0 radical (unpaired) electrons. The van der Waals surface area contributed by atoms with Gasteiger partial charge >= 0.3 is 0 Å². The van der Waals surface area contributed by atoms with Crippen LogP contribution in [0, 0.1) is 0 Å². The fourth-order valence-corrected chi connectivity index (χ4v) is 2.77. The Balaban J connectivity index is 2.74. The minimum Gasteiger partial charge on any atom is -0.315 e. The van der Waals surface area contributed by atoms with Crippen molar-refractivity contribution in [2.75, 3.05) is 20.1 Å². The Morgan fingerprint density at radius 3 is 2.47 bits per heavy atom. The molecule has 2 heteroatoms. The third kappa shape index (κ3) is 2.61. The van der Waals surface area contributed by atoms with Gasteiger partial charge in [-0.1, -0.05) is 13.0 Å². The van der Waals surface area contributed by atoms with Gasteiger partial charge in [0.1, 0.15) is 0 Å². The lowest BCUT2D eigenvalue weighted by Crippen LogP contribution is -2.57. The van der Waals surface area contributed by atoms with Gasteiger partial charge in [-0.25, -0.2) is 0 Å². The summed E-state index contributed by atoms with van der Waals surface area (Å²) >= 11 is 0. The summed E-state index contributed by atoms with van der Waals surface area (Å²) in [6, 6.07) is 0.526. The fourth-order valence-electron chi connectivity index (χ4n) is 2.77. The summed E-state index contributed by atoms with van der Waals surface area (Å²) in [7, 11) is 2.07. The maximum atomic E-state index is 3.86. The lowest BCUT2D eigenvalue weighted by molar-refractivity contribution is 0.0884. The molecule has 2 nitrogen and oxygen atoms in total. The van der Waals surface area contributed by atoms with Crippen molar-refractivity contribution >= 4 is 0 Å². The van der Waals surface area contributed by atoms with E-state index in [0.29, 0.717) is 11.6 Å². The molecular weight excluding hydrogens is 184 g/mol. The van der Waals surface area contributed by atoms with Gasteiger partial charge in [-0.15, -0.1) is 6.58 Å². The van der Waals surface area contributed by atoms with Crippen molar-refractivity contribution in [3.05, 3.63) is 12.7 Å². The third-order valence-corrected chi connectivity index (χ3v) is 4.05. The summed E-state index contributed by atoms with van der Waals surface area (Å²) in [5, 5.41) is 3.46. The van der Waals surface area contributed by atoms with Gasteiger partial charge in [-0.2, -0.15) is 0 Å². The molecule has 1 heterocycles. The quantitative estimate of drug-likeness (QED) is 0.677. The molecule has 1 saturated heterocycles. The van der Waals surface area contributed by atoms with Crippen LogP contribution in [-0.4, -0.2) is 36.6 Å². The average molecular weight is 210 g/mol. The van der Waals surface area contributed by atoms with Crippen molar-refractivity contribution in [3.8, 4) is 0 Å². The molecule has 1 aliphatic heterocycles. The molecule has 0 amide bonds. The molecule has 1 rings (SSSR count). The van der Waals surface area contributed by atoms with Gasteiger partial charge in [0.15, 0.2) is 0 Å². The zero-order chi connectivity index (χ0) is 11.3. The van der Waals surface area contributed by atoms with E-state index in [1.807, 2.05) is 6.08 Å². The molecular formula is C13H26N2. The molecule has 0 spiro atoms. The van der Waals surface area contributed by atoms with Crippen LogP contribution in [0.5, 0.6) is 0 Å². The number of hydrogen-bond acceptors (Lipinski definition) is 2. The standard InChI is InChI=1S/C13H26N2/c1-5-9-12(14-4)13(3,6-2)15-10-7-8-11-15/h5,12,14H,1,6-11H2,2-4H3. The molecule has 1 aliphatic rings. The molecule has 15 heavy (non-hydrogen) atoms. The van der Waals surface area contributed by atoms with Crippen LogP contribution in [0.3, 0.4) is 0 Å². The molecule has 0 aromatic carbocycles. The first-order valence-electron chi connectivity index (χ1n) is 6.22. The highest BCUT2D eigenvalue weighted by Gasteiger charge is 2.37. The van der Waals surface area contributed by atoms with E-state index in [-0.39, 0.29) is 0 Å². The van der Waals surface area contributed by atoms with E-state index in [1.165, 1.54) is 32.4 Å². The molecule has 0 bridgehead atoms. The van der Waals surface area contributed by atoms with Crippen molar-refractivity contribution in [3.63, 3.8) is 0 Å². The molecule has 0 aliphatic carbocycles. The highest BCUT2D eigenvalue weighted by atomic mass is 15.2. The van der Waals surface area contributed by atoms with Crippen molar-refractivity contribution in [1.82, 2.24) is 10.2 Å². The van der Waals surface area contributed by atoms with Crippen LogP contribution in [0.25, 0.3) is 0 Å². The Hall–Kier alpha value is -0.340. The first kappa shape index (κ1) is 12.7. The molecule has 2 atom stereocenters. The van der Waals surface area contributed by atoms with Crippen LogP contribution in [-0.2, 0) is 0 Å². The Bertz CT molecular complexity index is 197. The third-order valence-electron chi connectivity index (χ3n) is 4.05. The van der Waals surface area contributed by atoms with Crippen LogP contribution in [0.2, 0.25) is 0 Å². The molecule has 1 fully saturated rings. The summed E-state index contributed by atoms with van der Waals surface area (Å²) in [6.07, 6.45) is 7.01. The van der Waals surface area contributed by atoms with Gasteiger partial charge in [-0.3, -0.25) is 4.90 Å². The number of nitrogens with one attached hydrogen (secondary N) is 1. The molecule has 0 aromatic heterocycles. The highest BCUT2D eigenvalue weighted by Crippen LogP contribution is 2.29. The number of nitrogens with zero attached hydrogens (tertiary/aromatic N) is 1. The van der Waals surface area contributed by atoms with Crippen LogP contribution in [0.15, 0.2) is 12.7 Å². The number of likely N-dealkylation sites (N-methyl/N-ethyl adjacent to an activating group) is 1. The molecule has 88 valence electrons. The smallest absolute Gasteiger partial charge is 0.0334 e. The lowest BCUT2D eigenvalue weighted by Gasteiger charge is -2.44. The van der Waals surface area contributed by atoms with E-state index in [0.717, 1.165) is 6.42 Å². The van der Waals surface area contributed by atoms with Crippen molar-refractivity contribution in [2.24, 2.45) is 0 Å². The summed E-state index contributed by atoms with van der Waals surface area (Å²) in [5.41, 5.74) is 0.291. The summed E-state index contributed by atoms with van der Waals surface area (Å²) in [4.78, 5) is 2.65. The predicted octanol–water partition coefficient (Wildman–Crippen LogP) is 2.42. The molecule has 2 unspecified atom stereocenters. The maximum absolute atomic E-state index is 3.86. The molecule has 0 saturated carbocycles. The number of likely N-dealkylation sites (tertiary alicyclic amines) is 1. The van der Waals surface area contributed by atoms with E-state index < -0.39 is 0 Å². The number of rotatable bonds is 6. The van der Waals surface area contributed by atoms with Crippen LogP contribution < -0.4 is 5.32 Å². The van der Waals surface area contributed by atoms with E-state index >= 15 is 0 Å². The minimum absolute atomic E-state index is 0.291. The van der Waals surface area contributed by atoms with Crippen molar-refractivity contribution < 1.29 is 0 Å². The number of hydrogen-bond donors (Lipinski definition) is 1. The zero-order valence-corrected chi connectivity index (χ0v) is 10.6. The SMILES string of the molecule is C=CCC(NC)C(C)(CC)N1CCCC1. The van der Waals surface area contributed by atoms with E-state index in [2.05, 4.69) is 37.7 Å². The molecule has 1 N–H and O–H groups in total. The predicted molar refractivity (Wildman–Crippen MR) is 67.2 cm³/mol. The minimum atomic E-state index is 0.291. The Kier molecular flexibility index (Phi) is 4.81. The van der Waals surface area contributed by atoms with Gasteiger partial charge in [0.25, 0.3) is 0 Å². The maximum Gasteiger partial charge on any atom is 0.0334 e. The normalized spacial score (nSPS) is 23.7. The Morgan fingerprint density at radius 1 is 1.47 bits per heavy atom. The summed E-state index contributed by atoms with van der Waals surface area (Å²) < 4.78 is 0. The summed E-state index contributed by atoms with van der Waals surface area (Å²) in [5.74, 6) is 0. The van der Waals surface area contributed by atoms with Crippen LogP contribution in [0.1, 0.15) is 39.5 Å². The highest BCUT2D eigenvalue weighted by molar-refractivity contribution is 4.99. The first-order valence-corrected chi connectivity index (χ1v) is 6.22. The van der Waals surface area contributed by atoms with Crippen molar-refractivity contribution in [1.29, 1.82) is 0 Å². The monoisotopic (exact) mass is 210 g/mol. The van der Waals surface area contributed by atoms with E-state index in [4.69, 9.17) is 0 Å². The molecule has 0 aromatic rings. The second-order valence-corrected chi connectivity index (χ2v) is 4.77. The topological polar surface area (TPSA) is 15.3 Å². The van der Waals surface area contributed by atoms with Gasteiger partial charge in [0, 0.05) is 11.6 Å². The van der Waals surface area contributed by atoms with Gasteiger partial charge in [-0.05, 0) is 52.7 Å². The van der Waals surface area contributed by atoms with Gasteiger partial charge in [0.05, 0.1) is 0 Å². The van der Waals surface area contributed by atoms with E-state index in [9.17, 15) is 0 Å². The van der Waals surface area contributed by atoms with Gasteiger partial charge < -0.3 is 5.32 Å². The van der Waals surface area contributed by atoms with Crippen molar-refractivity contribution in [2.45, 2.75) is 51.1 Å². The second-order valence-electron chi connectivity index (χ2n) is 4.77. The zero-order valence-electron chi connectivity index (χ0n) is 10.6. The van der Waals surface area contributed by atoms with Crippen LogP contribution in [0.4, 0.5) is 0 Å². The first-order chi connectivity index (χ1) is 7.19. The Morgan fingerprint density at radius 2 is 2.07 bits per heavy atom. The van der Waals surface area contributed by atoms with Gasteiger partial charge in [0.2, 0.25) is 0 Å². The second kappa shape index (κ2) is 5.66. The summed E-state index contributed by atoms with van der Waals surface area (Å²) in [6.45, 7) is 11.1. The lowest BCUT2D eigenvalue weighted by atomic mass is 9.85. The van der Waals surface area contributed by atoms with Crippen LogP contribution >= 0.6 is 0 Å². The average Bonchev–Trinajstić information content (AvgIpc) is 2.78. The fraction of sp³-hybridized carbons (Fsp3) is 0.846. The Labute approximate surface area is 94.7 Å².